The molecule has 3 aromatic rings. The van der Waals surface area contributed by atoms with Crippen molar-refractivity contribution in [2.45, 2.75) is 6.42 Å². The summed E-state index contributed by atoms with van der Waals surface area (Å²) in [4.78, 5) is 22.8. The fourth-order valence-corrected chi connectivity index (χ4v) is 3.08. The minimum absolute atomic E-state index is 0.0305. The summed E-state index contributed by atoms with van der Waals surface area (Å²) in [6, 6.07) is 7.94. The van der Waals surface area contributed by atoms with E-state index in [0.29, 0.717) is 13.0 Å². The number of carbonyl (C=O) groups excluding carboxylic acids is 1. The minimum Gasteiger partial charge on any atom is -0.378 e. The number of hydrogen-bond donors (Lipinski definition) is 2. The van der Waals surface area contributed by atoms with Crippen LogP contribution in [-0.2, 0) is 9.53 Å². The van der Waals surface area contributed by atoms with E-state index in [0.717, 1.165) is 49.1 Å². The average molecular weight is 366 g/mol. The van der Waals surface area contributed by atoms with Gasteiger partial charge in [-0.3, -0.25) is 14.2 Å². The Bertz CT molecular complexity index is 902. The molecule has 0 unspecified atom stereocenters. The molecule has 0 atom stereocenters. The lowest BCUT2D eigenvalue weighted by Gasteiger charge is -2.28. The summed E-state index contributed by atoms with van der Waals surface area (Å²) < 4.78 is 7.27. The van der Waals surface area contributed by atoms with Crippen molar-refractivity contribution in [3.05, 3.63) is 49.1 Å². The smallest absolute Gasteiger partial charge is 0.226 e. The van der Waals surface area contributed by atoms with Gasteiger partial charge in [0.2, 0.25) is 5.91 Å². The van der Waals surface area contributed by atoms with E-state index in [9.17, 15) is 4.79 Å². The Hall–Kier alpha value is -3.13. The molecule has 140 valence electrons. The lowest BCUT2D eigenvalue weighted by molar-refractivity contribution is -0.115. The van der Waals surface area contributed by atoms with Crippen LogP contribution in [0.3, 0.4) is 0 Å². The van der Waals surface area contributed by atoms with E-state index >= 15 is 0 Å². The van der Waals surface area contributed by atoms with Crippen LogP contribution in [0.15, 0.2) is 49.1 Å². The SMILES string of the molecule is O=C(CCNc1cnc2cnccn12)Nc1ccc(N2CCOCC2)cc1. The average Bonchev–Trinajstić information content (AvgIpc) is 3.12. The van der Waals surface area contributed by atoms with E-state index in [1.807, 2.05) is 34.9 Å². The fraction of sp³-hybridized carbons (Fsp3) is 0.316. The Morgan fingerprint density at radius 1 is 1.15 bits per heavy atom. The Balaban J connectivity index is 1.26. The molecule has 4 rings (SSSR count). The third kappa shape index (κ3) is 4.17. The first-order valence-corrected chi connectivity index (χ1v) is 9.03. The van der Waals surface area contributed by atoms with Gasteiger partial charge in [-0.2, -0.15) is 0 Å². The summed E-state index contributed by atoms with van der Waals surface area (Å²) in [5.41, 5.74) is 2.72. The Morgan fingerprint density at radius 3 is 2.78 bits per heavy atom. The van der Waals surface area contributed by atoms with Gasteiger partial charge in [0.1, 0.15) is 5.82 Å². The summed E-state index contributed by atoms with van der Waals surface area (Å²) >= 11 is 0. The van der Waals surface area contributed by atoms with Gasteiger partial charge in [0.15, 0.2) is 5.65 Å². The lowest BCUT2D eigenvalue weighted by Crippen LogP contribution is -2.36. The topological polar surface area (TPSA) is 83.8 Å². The number of anilines is 3. The molecule has 1 fully saturated rings. The number of imidazole rings is 1. The molecular weight excluding hydrogens is 344 g/mol. The second-order valence-electron chi connectivity index (χ2n) is 6.32. The number of amides is 1. The monoisotopic (exact) mass is 366 g/mol. The molecule has 0 bridgehead atoms. The van der Waals surface area contributed by atoms with Crippen molar-refractivity contribution in [3.63, 3.8) is 0 Å². The normalized spacial score (nSPS) is 14.3. The van der Waals surface area contributed by atoms with Gasteiger partial charge in [-0.25, -0.2) is 4.98 Å². The molecule has 0 aliphatic carbocycles. The summed E-state index contributed by atoms with van der Waals surface area (Å²) in [5.74, 6) is 0.812. The number of aromatic nitrogens is 3. The van der Waals surface area contributed by atoms with E-state index in [4.69, 9.17) is 4.74 Å². The Morgan fingerprint density at radius 2 is 1.96 bits per heavy atom. The number of ether oxygens (including phenoxy) is 1. The van der Waals surface area contributed by atoms with Crippen molar-refractivity contribution in [1.82, 2.24) is 14.4 Å². The third-order valence-electron chi connectivity index (χ3n) is 4.50. The Labute approximate surface area is 157 Å². The van der Waals surface area contributed by atoms with E-state index in [1.54, 1.807) is 18.6 Å². The highest BCUT2D eigenvalue weighted by Crippen LogP contribution is 2.19. The quantitative estimate of drug-likeness (QED) is 0.694. The predicted molar refractivity (Wildman–Crippen MR) is 104 cm³/mol. The minimum atomic E-state index is -0.0305. The molecular formula is C19H22N6O2. The van der Waals surface area contributed by atoms with E-state index < -0.39 is 0 Å². The van der Waals surface area contributed by atoms with Crippen LogP contribution in [0, 0.1) is 0 Å². The maximum absolute atomic E-state index is 12.2. The highest BCUT2D eigenvalue weighted by molar-refractivity contribution is 5.91. The zero-order chi connectivity index (χ0) is 18.5. The maximum atomic E-state index is 12.2. The number of hydrogen-bond acceptors (Lipinski definition) is 6. The second-order valence-corrected chi connectivity index (χ2v) is 6.32. The molecule has 0 radical (unpaired) electrons. The summed E-state index contributed by atoms with van der Waals surface area (Å²) in [5, 5.41) is 6.16. The first-order valence-electron chi connectivity index (χ1n) is 9.03. The molecule has 1 aromatic carbocycles. The molecule has 0 saturated carbocycles. The van der Waals surface area contributed by atoms with Crippen LogP contribution in [0.25, 0.3) is 5.65 Å². The summed E-state index contributed by atoms with van der Waals surface area (Å²) in [6.07, 6.45) is 7.33. The first-order chi connectivity index (χ1) is 13.3. The van der Waals surface area contributed by atoms with E-state index in [1.165, 1.54) is 0 Å². The van der Waals surface area contributed by atoms with Crippen LogP contribution < -0.4 is 15.5 Å². The van der Waals surface area contributed by atoms with Crippen LogP contribution in [0.4, 0.5) is 17.2 Å². The standard InChI is InChI=1S/C19H22N6O2/c26-19(5-6-21-18-14-22-17-13-20-7-8-25(17)18)23-15-1-3-16(4-2-15)24-9-11-27-12-10-24/h1-4,7-8,13-14,21H,5-6,9-12H2,(H,23,26). The zero-order valence-corrected chi connectivity index (χ0v) is 15.0. The van der Waals surface area contributed by atoms with Gasteiger partial charge < -0.3 is 20.3 Å². The number of benzene rings is 1. The van der Waals surface area contributed by atoms with Crippen LogP contribution in [0.5, 0.6) is 0 Å². The third-order valence-corrected chi connectivity index (χ3v) is 4.50. The highest BCUT2D eigenvalue weighted by Gasteiger charge is 2.11. The number of morpholine rings is 1. The second kappa shape index (κ2) is 8.05. The molecule has 3 heterocycles. The summed E-state index contributed by atoms with van der Waals surface area (Å²) in [6.45, 7) is 3.84. The van der Waals surface area contributed by atoms with Crippen molar-refractivity contribution >= 4 is 28.7 Å². The first kappa shape index (κ1) is 17.3. The van der Waals surface area contributed by atoms with Gasteiger partial charge in [0.05, 0.1) is 25.6 Å². The molecule has 8 nitrogen and oxygen atoms in total. The molecule has 0 spiro atoms. The molecule has 27 heavy (non-hydrogen) atoms. The molecule has 1 aliphatic heterocycles. The van der Waals surface area contributed by atoms with E-state index in [2.05, 4.69) is 25.5 Å². The van der Waals surface area contributed by atoms with Gasteiger partial charge in [-0.15, -0.1) is 0 Å². The van der Waals surface area contributed by atoms with Gasteiger partial charge in [-0.05, 0) is 24.3 Å². The Kier molecular flexibility index (Phi) is 5.15. The molecule has 2 N–H and O–H groups in total. The number of nitrogens with one attached hydrogen (secondary N) is 2. The van der Waals surface area contributed by atoms with Crippen LogP contribution >= 0.6 is 0 Å². The lowest BCUT2D eigenvalue weighted by atomic mass is 10.2. The predicted octanol–water partition coefficient (Wildman–Crippen LogP) is 2.01. The molecule has 1 amide bonds. The fourth-order valence-electron chi connectivity index (χ4n) is 3.08. The molecule has 2 aromatic heterocycles. The molecule has 1 aliphatic rings. The molecule has 8 heteroatoms. The summed E-state index contributed by atoms with van der Waals surface area (Å²) in [7, 11) is 0. The van der Waals surface area contributed by atoms with Crippen molar-refractivity contribution in [1.29, 1.82) is 0 Å². The van der Waals surface area contributed by atoms with Gasteiger partial charge in [-0.1, -0.05) is 0 Å². The van der Waals surface area contributed by atoms with Crippen LogP contribution in [0.1, 0.15) is 6.42 Å². The van der Waals surface area contributed by atoms with Crippen LogP contribution in [0.2, 0.25) is 0 Å². The van der Waals surface area contributed by atoms with Crippen molar-refractivity contribution in [3.8, 4) is 0 Å². The molecule has 1 saturated heterocycles. The van der Waals surface area contributed by atoms with Gasteiger partial charge in [0, 0.05) is 49.8 Å². The number of nitrogens with zero attached hydrogens (tertiary/aromatic N) is 4. The number of carbonyl (C=O) groups is 1. The highest BCUT2D eigenvalue weighted by atomic mass is 16.5. The number of rotatable bonds is 6. The maximum Gasteiger partial charge on any atom is 0.226 e. The van der Waals surface area contributed by atoms with Crippen LogP contribution in [-0.4, -0.2) is 53.1 Å². The van der Waals surface area contributed by atoms with Crippen molar-refractivity contribution in [2.24, 2.45) is 0 Å². The number of fused-ring (bicyclic) bond motifs is 1. The van der Waals surface area contributed by atoms with E-state index in [-0.39, 0.29) is 5.91 Å². The van der Waals surface area contributed by atoms with Crippen molar-refractivity contribution < 1.29 is 9.53 Å². The van der Waals surface area contributed by atoms with Crippen molar-refractivity contribution in [2.75, 3.05) is 48.4 Å². The van der Waals surface area contributed by atoms with Gasteiger partial charge >= 0.3 is 0 Å². The zero-order valence-electron chi connectivity index (χ0n) is 15.0. The largest absolute Gasteiger partial charge is 0.378 e. The van der Waals surface area contributed by atoms with Gasteiger partial charge in [0.25, 0.3) is 0 Å².